The summed E-state index contributed by atoms with van der Waals surface area (Å²) in [6.07, 6.45) is 14.8. The van der Waals surface area contributed by atoms with Gasteiger partial charge < -0.3 is 9.47 Å². The Hall–Kier alpha value is -0.340. The molecule has 2 heteroatoms. The maximum atomic E-state index is 6.15. The highest BCUT2D eigenvalue weighted by molar-refractivity contribution is 5.18. The zero-order valence-electron chi connectivity index (χ0n) is 12.1. The summed E-state index contributed by atoms with van der Waals surface area (Å²) in [4.78, 5) is 0. The Balaban J connectivity index is 1.40. The van der Waals surface area contributed by atoms with Gasteiger partial charge in [-0.25, -0.2) is 0 Å². The lowest BCUT2D eigenvalue weighted by atomic mass is 9.71. The molecule has 0 amide bonds. The lowest BCUT2D eigenvalue weighted by molar-refractivity contribution is 0.0886. The zero-order valence-corrected chi connectivity index (χ0v) is 12.1. The third kappa shape index (κ3) is 2.08. The van der Waals surface area contributed by atoms with Crippen molar-refractivity contribution in [2.24, 2.45) is 5.92 Å². The Morgan fingerprint density at radius 3 is 2.74 bits per heavy atom. The molecule has 2 aliphatic heterocycles. The van der Waals surface area contributed by atoms with E-state index in [0.717, 1.165) is 13.0 Å². The molecule has 106 valence electrons. The van der Waals surface area contributed by atoms with Crippen molar-refractivity contribution in [2.75, 3.05) is 6.61 Å². The molecular formula is C17H26O2. The van der Waals surface area contributed by atoms with E-state index in [0.29, 0.717) is 12.0 Å². The lowest BCUT2D eigenvalue weighted by Gasteiger charge is -2.32. The van der Waals surface area contributed by atoms with Crippen LogP contribution in [0.25, 0.3) is 0 Å². The molecular weight excluding hydrogens is 236 g/mol. The predicted molar refractivity (Wildman–Crippen MR) is 75.1 cm³/mol. The molecule has 4 unspecified atom stereocenters. The van der Waals surface area contributed by atoms with Crippen molar-refractivity contribution in [3.05, 3.63) is 11.6 Å². The third-order valence-electron chi connectivity index (χ3n) is 6.03. The number of epoxide rings is 2. The zero-order chi connectivity index (χ0) is 12.9. The monoisotopic (exact) mass is 262 g/mol. The SMILES string of the molecule is CC1(C2CCCCC23CO3)OC1CC=C1CCCC1. The Kier molecular flexibility index (Phi) is 2.82. The summed E-state index contributed by atoms with van der Waals surface area (Å²) in [6.45, 7) is 3.33. The van der Waals surface area contributed by atoms with Crippen molar-refractivity contribution < 1.29 is 9.47 Å². The van der Waals surface area contributed by atoms with Gasteiger partial charge >= 0.3 is 0 Å². The predicted octanol–water partition coefficient (Wildman–Crippen LogP) is 3.99. The summed E-state index contributed by atoms with van der Waals surface area (Å²) in [5, 5.41) is 0. The van der Waals surface area contributed by atoms with Gasteiger partial charge in [-0.05, 0) is 51.9 Å². The second-order valence-corrected chi connectivity index (χ2v) is 7.25. The topological polar surface area (TPSA) is 25.1 Å². The van der Waals surface area contributed by atoms with Gasteiger partial charge in [0.2, 0.25) is 0 Å². The molecule has 0 N–H and O–H groups in total. The first kappa shape index (κ1) is 12.4. The molecule has 2 saturated heterocycles. The van der Waals surface area contributed by atoms with E-state index in [2.05, 4.69) is 13.0 Å². The van der Waals surface area contributed by atoms with Crippen LogP contribution in [-0.2, 0) is 9.47 Å². The van der Waals surface area contributed by atoms with Crippen molar-refractivity contribution in [1.29, 1.82) is 0 Å². The fourth-order valence-corrected chi connectivity index (χ4v) is 4.63. The number of hydrogen-bond donors (Lipinski definition) is 0. The molecule has 2 nitrogen and oxygen atoms in total. The van der Waals surface area contributed by atoms with Crippen LogP contribution in [0.3, 0.4) is 0 Å². The van der Waals surface area contributed by atoms with Gasteiger partial charge in [0, 0.05) is 5.92 Å². The van der Waals surface area contributed by atoms with Crippen LogP contribution >= 0.6 is 0 Å². The number of ether oxygens (including phenoxy) is 2. The van der Waals surface area contributed by atoms with Crippen LogP contribution < -0.4 is 0 Å². The average molecular weight is 262 g/mol. The van der Waals surface area contributed by atoms with Gasteiger partial charge in [-0.15, -0.1) is 0 Å². The Labute approximate surface area is 116 Å². The molecule has 0 aromatic heterocycles. The highest BCUT2D eigenvalue weighted by atomic mass is 16.6. The van der Waals surface area contributed by atoms with Gasteiger partial charge in [0.15, 0.2) is 0 Å². The van der Waals surface area contributed by atoms with E-state index >= 15 is 0 Å². The van der Waals surface area contributed by atoms with Crippen LogP contribution in [0.15, 0.2) is 11.6 Å². The van der Waals surface area contributed by atoms with Gasteiger partial charge in [0.05, 0.1) is 23.9 Å². The Morgan fingerprint density at radius 2 is 2.00 bits per heavy atom. The van der Waals surface area contributed by atoms with Gasteiger partial charge in [-0.1, -0.05) is 24.5 Å². The number of rotatable bonds is 3. The molecule has 4 fully saturated rings. The first-order valence-electron chi connectivity index (χ1n) is 8.23. The van der Waals surface area contributed by atoms with Crippen molar-refractivity contribution in [1.82, 2.24) is 0 Å². The molecule has 0 aromatic carbocycles. The standard InChI is InChI=1S/C17H26O2/c1-16(14-8-4-5-11-17(14)12-18-17)15(19-16)10-9-13-6-2-3-7-13/h9,14-15H,2-8,10-12H2,1H3. The Bertz CT molecular complexity index is 388. The molecule has 4 rings (SSSR count). The lowest BCUT2D eigenvalue weighted by Crippen LogP contribution is -2.39. The first-order chi connectivity index (χ1) is 9.23. The molecule has 4 atom stereocenters. The minimum Gasteiger partial charge on any atom is -0.369 e. The van der Waals surface area contributed by atoms with Gasteiger partial charge in [0.25, 0.3) is 0 Å². The minimum atomic E-state index is 0.118. The second kappa shape index (κ2) is 4.33. The summed E-state index contributed by atoms with van der Waals surface area (Å²) in [7, 11) is 0. The molecule has 0 bridgehead atoms. The first-order valence-corrected chi connectivity index (χ1v) is 8.23. The van der Waals surface area contributed by atoms with E-state index in [1.807, 2.05) is 0 Å². The summed E-state index contributed by atoms with van der Waals surface area (Å²) >= 11 is 0. The van der Waals surface area contributed by atoms with Crippen LogP contribution in [0, 0.1) is 5.92 Å². The Morgan fingerprint density at radius 1 is 1.21 bits per heavy atom. The molecule has 0 aromatic rings. The van der Waals surface area contributed by atoms with Gasteiger partial charge in [0.1, 0.15) is 0 Å². The van der Waals surface area contributed by atoms with Crippen LogP contribution in [0.2, 0.25) is 0 Å². The third-order valence-corrected chi connectivity index (χ3v) is 6.03. The van der Waals surface area contributed by atoms with E-state index < -0.39 is 0 Å². The summed E-state index contributed by atoms with van der Waals surface area (Å²) in [5.74, 6) is 0.653. The van der Waals surface area contributed by atoms with Crippen molar-refractivity contribution in [2.45, 2.75) is 82.0 Å². The summed E-state index contributed by atoms with van der Waals surface area (Å²) in [6, 6.07) is 0. The minimum absolute atomic E-state index is 0.118. The van der Waals surface area contributed by atoms with E-state index in [1.54, 1.807) is 5.57 Å². The second-order valence-electron chi connectivity index (χ2n) is 7.25. The van der Waals surface area contributed by atoms with Crippen molar-refractivity contribution >= 4 is 0 Å². The molecule has 2 aliphatic carbocycles. The van der Waals surface area contributed by atoms with Crippen molar-refractivity contribution in [3.63, 3.8) is 0 Å². The maximum absolute atomic E-state index is 6.15. The van der Waals surface area contributed by atoms with Crippen LogP contribution in [0.5, 0.6) is 0 Å². The molecule has 4 aliphatic rings. The van der Waals surface area contributed by atoms with Gasteiger partial charge in [-0.3, -0.25) is 0 Å². The largest absolute Gasteiger partial charge is 0.369 e. The normalized spacial score (nSPS) is 48.6. The fraction of sp³-hybridized carbons (Fsp3) is 0.882. The van der Waals surface area contributed by atoms with Crippen LogP contribution in [-0.4, -0.2) is 23.9 Å². The van der Waals surface area contributed by atoms with E-state index in [4.69, 9.17) is 9.47 Å². The number of hydrogen-bond acceptors (Lipinski definition) is 2. The highest BCUT2D eigenvalue weighted by Crippen LogP contribution is 2.58. The summed E-state index contributed by atoms with van der Waals surface area (Å²) < 4.78 is 12.0. The maximum Gasteiger partial charge on any atom is 0.0979 e. The molecule has 0 radical (unpaired) electrons. The van der Waals surface area contributed by atoms with Crippen LogP contribution in [0.1, 0.15) is 64.7 Å². The molecule has 2 heterocycles. The van der Waals surface area contributed by atoms with Crippen LogP contribution in [0.4, 0.5) is 0 Å². The summed E-state index contributed by atoms with van der Waals surface area (Å²) in [5.41, 5.74) is 2.02. The van der Waals surface area contributed by atoms with E-state index in [1.165, 1.54) is 51.4 Å². The van der Waals surface area contributed by atoms with Crippen molar-refractivity contribution in [3.8, 4) is 0 Å². The highest BCUT2D eigenvalue weighted by Gasteiger charge is 2.67. The van der Waals surface area contributed by atoms with Gasteiger partial charge in [-0.2, -0.15) is 0 Å². The fourth-order valence-electron chi connectivity index (χ4n) is 4.63. The molecule has 1 spiro atoms. The quantitative estimate of drug-likeness (QED) is 0.567. The smallest absolute Gasteiger partial charge is 0.0979 e. The van der Waals surface area contributed by atoms with E-state index in [-0.39, 0.29) is 11.2 Å². The molecule has 19 heavy (non-hydrogen) atoms. The van der Waals surface area contributed by atoms with E-state index in [9.17, 15) is 0 Å². The average Bonchev–Trinajstić information content (AvgIpc) is 3.25. The number of allylic oxidation sites excluding steroid dienone is 1. The molecule has 2 saturated carbocycles.